The maximum atomic E-state index is 13.1. The Labute approximate surface area is 137 Å². The minimum atomic E-state index is -4.74. The molecule has 0 saturated carbocycles. The molecule has 132 valence electrons. The number of carbonyl (C=O) groups is 1. The molecule has 1 spiro atoms. The van der Waals surface area contributed by atoms with E-state index in [2.05, 4.69) is 5.32 Å². The lowest BCUT2D eigenvalue weighted by Crippen LogP contribution is -2.46. The Kier molecular flexibility index (Phi) is 4.11. The third kappa shape index (κ3) is 2.79. The summed E-state index contributed by atoms with van der Waals surface area (Å²) in [6.45, 7) is 0.645. The first-order valence-electron chi connectivity index (χ1n) is 7.62. The van der Waals surface area contributed by atoms with Crippen LogP contribution in [0, 0.1) is 5.41 Å². The summed E-state index contributed by atoms with van der Waals surface area (Å²) in [5.74, 6) is -0.0877. The normalized spacial score (nSPS) is 21.9. The highest BCUT2D eigenvalue weighted by Gasteiger charge is 2.47. The van der Waals surface area contributed by atoms with Crippen molar-refractivity contribution in [3.63, 3.8) is 0 Å². The number of sulfonamides is 1. The molecule has 1 aromatic rings. The number of alkyl halides is 3. The summed E-state index contributed by atoms with van der Waals surface area (Å²) >= 11 is 0. The third-order valence-corrected chi connectivity index (χ3v) is 6.82. The lowest BCUT2D eigenvalue weighted by Gasteiger charge is -2.36. The van der Waals surface area contributed by atoms with E-state index >= 15 is 0 Å². The zero-order valence-corrected chi connectivity index (χ0v) is 13.6. The molecule has 9 heteroatoms. The van der Waals surface area contributed by atoms with Crippen molar-refractivity contribution in [2.24, 2.45) is 5.41 Å². The average molecular weight is 362 g/mol. The second-order valence-corrected chi connectivity index (χ2v) is 8.09. The molecule has 2 aliphatic rings. The van der Waals surface area contributed by atoms with Gasteiger partial charge in [-0.2, -0.15) is 17.5 Å². The molecule has 0 bridgehead atoms. The van der Waals surface area contributed by atoms with E-state index in [1.807, 2.05) is 0 Å². The molecule has 1 aromatic carbocycles. The highest BCUT2D eigenvalue weighted by atomic mass is 32.2. The van der Waals surface area contributed by atoms with Crippen LogP contribution in [0.1, 0.15) is 24.8 Å². The number of nitrogens with one attached hydrogen (secondary N) is 1. The first kappa shape index (κ1) is 17.2. The predicted molar refractivity (Wildman–Crippen MR) is 79.5 cm³/mol. The Morgan fingerprint density at radius 1 is 1.08 bits per heavy atom. The second kappa shape index (κ2) is 5.73. The maximum Gasteiger partial charge on any atom is 0.417 e. The van der Waals surface area contributed by atoms with Gasteiger partial charge in [0, 0.05) is 19.6 Å². The molecule has 3 rings (SSSR count). The molecule has 0 atom stereocenters. The average Bonchev–Trinajstić information content (AvgIpc) is 2.87. The highest BCUT2D eigenvalue weighted by molar-refractivity contribution is 7.89. The summed E-state index contributed by atoms with van der Waals surface area (Å²) in [5.41, 5.74) is -1.74. The van der Waals surface area contributed by atoms with E-state index in [0.717, 1.165) is 22.5 Å². The summed E-state index contributed by atoms with van der Waals surface area (Å²) in [5, 5.41) is 2.74. The summed E-state index contributed by atoms with van der Waals surface area (Å²) in [4.78, 5) is 11.2. The van der Waals surface area contributed by atoms with E-state index in [4.69, 9.17) is 0 Å². The molecular weight excluding hydrogens is 345 g/mol. The van der Waals surface area contributed by atoms with Crippen LogP contribution in [0.4, 0.5) is 13.2 Å². The van der Waals surface area contributed by atoms with Gasteiger partial charge in [-0.3, -0.25) is 4.79 Å². The number of halogens is 3. The molecule has 0 radical (unpaired) electrons. The molecule has 24 heavy (non-hydrogen) atoms. The van der Waals surface area contributed by atoms with Gasteiger partial charge < -0.3 is 5.32 Å². The zero-order valence-electron chi connectivity index (χ0n) is 12.8. The van der Waals surface area contributed by atoms with E-state index in [-0.39, 0.29) is 19.0 Å². The largest absolute Gasteiger partial charge is 0.417 e. The summed E-state index contributed by atoms with van der Waals surface area (Å²) < 4.78 is 65.7. The molecule has 5 nitrogen and oxygen atoms in total. The Morgan fingerprint density at radius 3 is 2.25 bits per heavy atom. The number of hydrogen-bond donors (Lipinski definition) is 1. The third-order valence-electron chi connectivity index (χ3n) is 4.86. The summed E-state index contributed by atoms with van der Waals surface area (Å²) in [7, 11) is -4.26. The second-order valence-electron chi connectivity index (χ2n) is 6.18. The Balaban J connectivity index is 1.87. The smallest absolute Gasteiger partial charge is 0.356 e. The molecule has 2 heterocycles. The van der Waals surface area contributed by atoms with Gasteiger partial charge in [-0.15, -0.1) is 0 Å². The molecule has 2 aliphatic heterocycles. The van der Waals surface area contributed by atoms with Crippen LogP contribution in [0.25, 0.3) is 0 Å². The van der Waals surface area contributed by atoms with Crippen molar-refractivity contribution < 1.29 is 26.4 Å². The fraction of sp³-hybridized carbons (Fsp3) is 0.533. The predicted octanol–water partition coefficient (Wildman–Crippen LogP) is 2.00. The fourth-order valence-electron chi connectivity index (χ4n) is 3.41. The van der Waals surface area contributed by atoms with E-state index in [1.54, 1.807) is 0 Å². The lowest BCUT2D eigenvalue weighted by atomic mass is 9.78. The van der Waals surface area contributed by atoms with E-state index in [1.165, 1.54) is 6.07 Å². The Hall–Kier alpha value is -1.61. The highest BCUT2D eigenvalue weighted by Crippen LogP contribution is 2.41. The summed E-state index contributed by atoms with van der Waals surface area (Å²) in [6.07, 6.45) is -3.45. The first-order valence-corrected chi connectivity index (χ1v) is 9.06. The number of amides is 1. The van der Waals surface area contributed by atoms with Crippen LogP contribution in [0.5, 0.6) is 0 Å². The first-order chi connectivity index (χ1) is 11.2. The van der Waals surface area contributed by atoms with Gasteiger partial charge in [-0.25, -0.2) is 8.42 Å². The van der Waals surface area contributed by atoms with Gasteiger partial charge in [0.2, 0.25) is 15.9 Å². The lowest BCUT2D eigenvalue weighted by molar-refractivity contribution is -0.139. The molecule has 2 fully saturated rings. The zero-order chi connectivity index (χ0) is 17.6. The van der Waals surface area contributed by atoms with Crippen molar-refractivity contribution in [2.75, 3.05) is 19.6 Å². The number of piperidine rings is 1. The van der Waals surface area contributed by atoms with Crippen molar-refractivity contribution >= 4 is 15.9 Å². The number of rotatable bonds is 2. The minimum absolute atomic E-state index is 0.0436. The van der Waals surface area contributed by atoms with Crippen molar-refractivity contribution in [1.29, 1.82) is 0 Å². The van der Waals surface area contributed by atoms with Crippen molar-refractivity contribution in [3.05, 3.63) is 29.8 Å². The quantitative estimate of drug-likeness (QED) is 0.875. The van der Waals surface area contributed by atoms with Gasteiger partial charge in [0.15, 0.2) is 0 Å². The van der Waals surface area contributed by atoms with Crippen molar-refractivity contribution in [1.82, 2.24) is 9.62 Å². The molecule has 1 amide bonds. The number of carbonyl (C=O) groups excluding carboxylic acids is 1. The van der Waals surface area contributed by atoms with Gasteiger partial charge in [0.05, 0.1) is 15.9 Å². The number of hydrogen-bond acceptors (Lipinski definition) is 3. The standard InChI is InChI=1S/C15H17F3N2O3S/c16-15(17,18)11-3-1-2-4-12(11)24(22,23)20-9-6-14(7-10-20)5-8-19-13(14)21/h1-4H,5-10H2,(H,19,21). The number of nitrogens with zero attached hydrogens (tertiary/aromatic N) is 1. The van der Waals surface area contributed by atoms with Crippen LogP contribution in [0.3, 0.4) is 0 Å². The van der Waals surface area contributed by atoms with E-state index in [9.17, 15) is 26.4 Å². The van der Waals surface area contributed by atoms with Crippen LogP contribution >= 0.6 is 0 Å². The van der Waals surface area contributed by atoms with Crippen LogP contribution in [0.2, 0.25) is 0 Å². The molecular formula is C15H17F3N2O3S. The molecule has 0 unspecified atom stereocenters. The molecule has 0 aromatic heterocycles. The van der Waals surface area contributed by atoms with Crippen LogP contribution in [0.15, 0.2) is 29.2 Å². The van der Waals surface area contributed by atoms with Gasteiger partial charge in [-0.05, 0) is 31.4 Å². The van der Waals surface area contributed by atoms with Gasteiger partial charge in [0.25, 0.3) is 0 Å². The van der Waals surface area contributed by atoms with Crippen molar-refractivity contribution in [3.8, 4) is 0 Å². The van der Waals surface area contributed by atoms with Crippen LogP contribution < -0.4 is 5.32 Å². The number of benzene rings is 1. The SMILES string of the molecule is O=C1NCCC12CCN(S(=O)(=O)c1ccccc1C(F)(F)F)CC2. The Morgan fingerprint density at radius 2 is 1.71 bits per heavy atom. The summed E-state index contributed by atoms with van der Waals surface area (Å²) in [6, 6.07) is 4.18. The van der Waals surface area contributed by atoms with Crippen molar-refractivity contribution in [2.45, 2.75) is 30.3 Å². The van der Waals surface area contributed by atoms with Crippen LogP contribution in [-0.4, -0.2) is 38.3 Å². The van der Waals surface area contributed by atoms with E-state index in [0.29, 0.717) is 25.8 Å². The fourth-order valence-corrected chi connectivity index (χ4v) is 5.07. The van der Waals surface area contributed by atoms with Gasteiger partial charge in [-0.1, -0.05) is 12.1 Å². The topological polar surface area (TPSA) is 66.5 Å². The minimum Gasteiger partial charge on any atom is -0.356 e. The van der Waals surface area contributed by atoms with Crippen LogP contribution in [-0.2, 0) is 21.0 Å². The Bertz CT molecular complexity index is 753. The molecule has 1 N–H and O–H groups in total. The van der Waals surface area contributed by atoms with Gasteiger partial charge in [0.1, 0.15) is 0 Å². The molecule has 2 saturated heterocycles. The maximum absolute atomic E-state index is 13.1. The van der Waals surface area contributed by atoms with E-state index < -0.39 is 32.1 Å². The monoisotopic (exact) mass is 362 g/mol. The van der Waals surface area contributed by atoms with Gasteiger partial charge >= 0.3 is 6.18 Å². The molecule has 0 aliphatic carbocycles.